The van der Waals surface area contributed by atoms with Crippen molar-refractivity contribution in [1.82, 2.24) is 14.7 Å². The van der Waals surface area contributed by atoms with E-state index in [1.165, 1.54) is 6.42 Å². The van der Waals surface area contributed by atoms with Crippen molar-refractivity contribution >= 4 is 5.69 Å². The van der Waals surface area contributed by atoms with Crippen LogP contribution in [-0.2, 0) is 6.54 Å². The first-order valence-corrected chi connectivity index (χ1v) is 4.61. The Hall–Kier alpha value is -1.03. The second kappa shape index (κ2) is 4.87. The van der Waals surface area contributed by atoms with Crippen molar-refractivity contribution < 1.29 is 0 Å². The molecule has 0 amide bonds. The van der Waals surface area contributed by atoms with Gasteiger partial charge in [0.15, 0.2) is 0 Å². The molecule has 74 valence electrons. The van der Waals surface area contributed by atoms with Crippen LogP contribution in [0, 0.1) is 0 Å². The van der Waals surface area contributed by atoms with E-state index in [4.69, 9.17) is 5.73 Å². The minimum atomic E-state index is 0.743. The Morgan fingerprint density at radius 1 is 1.46 bits per heavy atom. The molecule has 4 nitrogen and oxygen atoms in total. The fourth-order valence-corrected chi connectivity index (χ4v) is 1.20. The van der Waals surface area contributed by atoms with Crippen LogP contribution in [0.25, 0.3) is 0 Å². The third kappa shape index (κ3) is 3.94. The summed E-state index contributed by atoms with van der Waals surface area (Å²) < 4.78 is 1.89. The molecule has 0 saturated carbocycles. The van der Waals surface area contributed by atoms with Crippen LogP contribution in [0.4, 0.5) is 5.69 Å². The lowest BCUT2D eigenvalue weighted by Gasteiger charge is -2.08. The van der Waals surface area contributed by atoms with Gasteiger partial charge in [-0.05, 0) is 33.5 Å². The van der Waals surface area contributed by atoms with E-state index in [1.807, 2.05) is 10.9 Å². The summed E-state index contributed by atoms with van der Waals surface area (Å²) in [5.74, 6) is 0. The first-order valence-electron chi connectivity index (χ1n) is 4.61. The normalized spacial score (nSPS) is 11.0. The number of aromatic nitrogens is 2. The average molecular weight is 182 g/mol. The molecule has 0 fully saturated rings. The third-order valence-corrected chi connectivity index (χ3v) is 1.90. The molecular weight excluding hydrogens is 164 g/mol. The van der Waals surface area contributed by atoms with Crippen LogP contribution in [0.15, 0.2) is 12.4 Å². The fourth-order valence-electron chi connectivity index (χ4n) is 1.20. The molecule has 0 unspecified atom stereocenters. The molecule has 1 rings (SSSR count). The number of anilines is 1. The van der Waals surface area contributed by atoms with Crippen LogP contribution in [-0.4, -0.2) is 35.3 Å². The Morgan fingerprint density at radius 3 is 2.77 bits per heavy atom. The highest BCUT2D eigenvalue weighted by molar-refractivity contribution is 5.30. The number of nitrogens with two attached hydrogens (primary N) is 1. The van der Waals surface area contributed by atoms with E-state index in [0.717, 1.165) is 25.2 Å². The molecular formula is C9H18N4. The van der Waals surface area contributed by atoms with E-state index in [-0.39, 0.29) is 0 Å². The van der Waals surface area contributed by atoms with Gasteiger partial charge in [0.25, 0.3) is 0 Å². The maximum Gasteiger partial charge on any atom is 0.0719 e. The van der Waals surface area contributed by atoms with Gasteiger partial charge >= 0.3 is 0 Å². The van der Waals surface area contributed by atoms with E-state index in [2.05, 4.69) is 24.1 Å². The molecule has 13 heavy (non-hydrogen) atoms. The highest BCUT2D eigenvalue weighted by Crippen LogP contribution is 2.00. The van der Waals surface area contributed by atoms with Gasteiger partial charge in [-0.2, -0.15) is 5.10 Å². The van der Waals surface area contributed by atoms with Crippen LogP contribution in [0.1, 0.15) is 12.8 Å². The SMILES string of the molecule is CN(C)CCCCn1cc(N)cn1. The lowest BCUT2D eigenvalue weighted by Crippen LogP contribution is -2.13. The zero-order chi connectivity index (χ0) is 9.68. The van der Waals surface area contributed by atoms with Crippen molar-refractivity contribution in [2.24, 2.45) is 0 Å². The lowest BCUT2D eigenvalue weighted by atomic mass is 10.3. The molecule has 0 aliphatic rings. The molecule has 2 N–H and O–H groups in total. The summed E-state index contributed by atoms with van der Waals surface area (Å²) in [4.78, 5) is 2.19. The maximum atomic E-state index is 5.54. The zero-order valence-electron chi connectivity index (χ0n) is 8.40. The molecule has 0 aliphatic carbocycles. The van der Waals surface area contributed by atoms with Crippen molar-refractivity contribution in [1.29, 1.82) is 0 Å². The highest BCUT2D eigenvalue weighted by atomic mass is 15.3. The van der Waals surface area contributed by atoms with Crippen molar-refractivity contribution in [2.75, 3.05) is 26.4 Å². The minimum absolute atomic E-state index is 0.743. The molecule has 0 bridgehead atoms. The number of rotatable bonds is 5. The van der Waals surface area contributed by atoms with E-state index in [1.54, 1.807) is 6.20 Å². The summed E-state index contributed by atoms with van der Waals surface area (Å²) in [5, 5.41) is 4.11. The number of aryl methyl sites for hydroxylation is 1. The lowest BCUT2D eigenvalue weighted by molar-refractivity contribution is 0.384. The Kier molecular flexibility index (Phi) is 3.76. The van der Waals surface area contributed by atoms with E-state index in [9.17, 15) is 0 Å². The van der Waals surface area contributed by atoms with Crippen molar-refractivity contribution in [3.8, 4) is 0 Å². The zero-order valence-corrected chi connectivity index (χ0v) is 8.40. The van der Waals surface area contributed by atoms with Crippen LogP contribution in [0.3, 0.4) is 0 Å². The predicted molar refractivity (Wildman–Crippen MR) is 54.4 cm³/mol. The largest absolute Gasteiger partial charge is 0.396 e. The standard InChI is InChI=1S/C9H18N4/c1-12(2)5-3-4-6-13-8-9(10)7-11-13/h7-8H,3-6,10H2,1-2H3. The van der Waals surface area contributed by atoms with Crippen molar-refractivity contribution in [2.45, 2.75) is 19.4 Å². The summed E-state index contributed by atoms with van der Waals surface area (Å²) in [6.07, 6.45) is 5.91. The minimum Gasteiger partial charge on any atom is -0.396 e. The van der Waals surface area contributed by atoms with Gasteiger partial charge in [-0.25, -0.2) is 0 Å². The Balaban J connectivity index is 2.13. The molecule has 1 heterocycles. The molecule has 4 heteroatoms. The molecule has 0 aliphatic heterocycles. The first-order chi connectivity index (χ1) is 6.18. The number of nitrogens with zero attached hydrogens (tertiary/aromatic N) is 3. The molecule has 1 aromatic rings. The van der Waals surface area contributed by atoms with Gasteiger partial charge in [-0.3, -0.25) is 4.68 Å². The molecule has 0 aromatic carbocycles. The smallest absolute Gasteiger partial charge is 0.0719 e. The van der Waals surface area contributed by atoms with Gasteiger partial charge in [-0.15, -0.1) is 0 Å². The maximum absolute atomic E-state index is 5.54. The molecule has 1 aromatic heterocycles. The molecule has 0 saturated heterocycles. The summed E-state index contributed by atoms with van der Waals surface area (Å²) in [7, 11) is 4.18. The van der Waals surface area contributed by atoms with Crippen molar-refractivity contribution in [3.63, 3.8) is 0 Å². The van der Waals surface area contributed by atoms with Gasteiger partial charge in [-0.1, -0.05) is 0 Å². The van der Waals surface area contributed by atoms with Crippen LogP contribution in [0.2, 0.25) is 0 Å². The quantitative estimate of drug-likeness (QED) is 0.685. The Labute approximate surface area is 79.3 Å². The second-order valence-corrected chi connectivity index (χ2v) is 3.55. The Bertz CT molecular complexity index is 242. The first kappa shape index (κ1) is 10.1. The van der Waals surface area contributed by atoms with E-state index < -0.39 is 0 Å². The number of nitrogen functional groups attached to an aromatic ring is 1. The average Bonchev–Trinajstić information content (AvgIpc) is 2.45. The van der Waals surface area contributed by atoms with Crippen molar-refractivity contribution in [3.05, 3.63) is 12.4 Å². The van der Waals surface area contributed by atoms with Gasteiger partial charge in [0, 0.05) is 12.7 Å². The topological polar surface area (TPSA) is 47.1 Å². The van der Waals surface area contributed by atoms with Crippen LogP contribution >= 0.6 is 0 Å². The van der Waals surface area contributed by atoms with Gasteiger partial charge in [0.2, 0.25) is 0 Å². The highest BCUT2D eigenvalue weighted by Gasteiger charge is 1.95. The second-order valence-electron chi connectivity index (χ2n) is 3.55. The molecule has 0 radical (unpaired) electrons. The van der Waals surface area contributed by atoms with Gasteiger partial charge in [0.05, 0.1) is 11.9 Å². The summed E-state index contributed by atoms with van der Waals surface area (Å²) in [5.41, 5.74) is 6.28. The monoisotopic (exact) mass is 182 g/mol. The third-order valence-electron chi connectivity index (χ3n) is 1.90. The van der Waals surface area contributed by atoms with Crippen LogP contribution < -0.4 is 5.73 Å². The molecule has 0 atom stereocenters. The summed E-state index contributed by atoms with van der Waals surface area (Å²) in [6, 6.07) is 0. The Morgan fingerprint density at radius 2 is 2.23 bits per heavy atom. The number of hydrogen-bond donors (Lipinski definition) is 1. The fraction of sp³-hybridized carbons (Fsp3) is 0.667. The van der Waals surface area contributed by atoms with Crippen LogP contribution in [0.5, 0.6) is 0 Å². The predicted octanol–water partition coefficient (Wildman–Crippen LogP) is 0.807. The number of hydrogen-bond acceptors (Lipinski definition) is 3. The molecule has 0 spiro atoms. The van der Waals surface area contributed by atoms with E-state index in [0.29, 0.717) is 0 Å². The van der Waals surface area contributed by atoms with E-state index >= 15 is 0 Å². The van der Waals surface area contributed by atoms with Gasteiger partial charge < -0.3 is 10.6 Å². The summed E-state index contributed by atoms with van der Waals surface area (Å²) in [6.45, 7) is 2.10. The number of unbranched alkanes of at least 4 members (excludes halogenated alkanes) is 1. The van der Waals surface area contributed by atoms with Gasteiger partial charge in [0.1, 0.15) is 0 Å². The summed E-state index contributed by atoms with van der Waals surface area (Å²) >= 11 is 0.